The van der Waals surface area contributed by atoms with Gasteiger partial charge < -0.3 is 14.5 Å². The molecule has 0 spiro atoms. The molecule has 2 aromatic heterocycles. The van der Waals surface area contributed by atoms with Crippen molar-refractivity contribution in [2.24, 2.45) is 5.92 Å². The molecule has 0 aliphatic carbocycles. The molecule has 2 rings (SSSR count). The van der Waals surface area contributed by atoms with Crippen LogP contribution < -0.4 is 0 Å². The van der Waals surface area contributed by atoms with E-state index in [0.29, 0.717) is 24.7 Å². The molecule has 2 aromatic rings. The van der Waals surface area contributed by atoms with Crippen LogP contribution in [-0.4, -0.2) is 46.3 Å². The van der Waals surface area contributed by atoms with Gasteiger partial charge in [0, 0.05) is 13.0 Å². The number of thiophene rings is 1. The van der Waals surface area contributed by atoms with Crippen molar-refractivity contribution in [2.45, 2.75) is 19.8 Å². The highest BCUT2D eigenvalue weighted by Crippen LogP contribution is 2.21. The zero-order chi connectivity index (χ0) is 15.2. The Hall–Kier alpha value is -1.73. The van der Waals surface area contributed by atoms with Crippen LogP contribution in [0.1, 0.15) is 19.2 Å². The molecule has 21 heavy (non-hydrogen) atoms. The average Bonchev–Trinajstić information content (AvgIpc) is 3.08. The molecule has 0 aliphatic rings. The third-order valence-corrected chi connectivity index (χ3v) is 4.01. The van der Waals surface area contributed by atoms with Crippen LogP contribution in [0.25, 0.3) is 10.7 Å². The lowest BCUT2D eigenvalue weighted by Crippen LogP contribution is -2.29. The molecule has 1 unspecified atom stereocenters. The molecular weight excluding hydrogens is 290 g/mol. The van der Waals surface area contributed by atoms with Crippen molar-refractivity contribution >= 4 is 17.3 Å². The van der Waals surface area contributed by atoms with Crippen LogP contribution in [0.5, 0.6) is 0 Å². The first-order chi connectivity index (χ1) is 10.1. The van der Waals surface area contributed by atoms with Gasteiger partial charge in [-0.1, -0.05) is 18.1 Å². The van der Waals surface area contributed by atoms with E-state index in [0.717, 1.165) is 17.8 Å². The normalized spacial score (nSPS) is 12.7. The molecule has 114 valence electrons. The molecule has 2 heterocycles. The number of aryl methyl sites for hydroxylation is 1. The molecule has 0 saturated heterocycles. The third-order valence-electron chi connectivity index (χ3n) is 3.15. The van der Waals surface area contributed by atoms with Gasteiger partial charge >= 0.3 is 5.97 Å². The number of aromatic nitrogens is 2. The second-order valence-corrected chi connectivity index (χ2v) is 6.04. The highest BCUT2D eigenvalue weighted by Gasteiger charge is 2.14. The van der Waals surface area contributed by atoms with Crippen molar-refractivity contribution in [3.8, 4) is 10.7 Å². The predicted molar refractivity (Wildman–Crippen MR) is 80.2 cm³/mol. The zero-order valence-corrected chi connectivity index (χ0v) is 13.0. The molecule has 0 radical (unpaired) electrons. The lowest BCUT2D eigenvalue weighted by atomic mass is 10.1. The van der Waals surface area contributed by atoms with Gasteiger partial charge in [0.2, 0.25) is 11.7 Å². The summed E-state index contributed by atoms with van der Waals surface area (Å²) < 4.78 is 5.22. The van der Waals surface area contributed by atoms with Gasteiger partial charge in [-0.2, -0.15) is 4.98 Å². The highest BCUT2D eigenvalue weighted by atomic mass is 32.1. The van der Waals surface area contributed by atoms with Crippen molar-refractivity contribution in [3.05, 3.63) is 23.4 Å². The van der Waals surface area contributed by atoms with E-state index < -0.39 is 5.97 Å². The standard InChI is InChI=1S/C14H19N3O3S/c1-10(14(18)19)9-17(2)7-3-6-12-15-13(16-20-12)11-5-4-8-21-11/h4-5,8,10H,3,6-7,9H2,1-2H3,(H,18,19). The molecule has 0 amide bonds. The Balaban J connectivity index is 1.75. The molecule has 0 saturated carbocycles. The SMILES string of the molecule is CC(CN(C)CCCc1nc(-c2cccs2)no1)C(=O)O. The maximum atomic E-state index is 10.8. The van der Waals surface area contributed by atoms with Crippen molar-refractivity contribution in [3.63, 3.8) is 0 Å². The quantitative estimate of drug-likeness (QED) is 0.806. The summed E-state index contributed by atoms with van der Waals surface area (Å²) in [5.74, 6) is 0.133. The van der Waals surface area contributed by atoms with Crippen LogP contribution in [0, 0.1) is 5.92 Å². The number of aliphatic carboxylic acids is 1. The molecule has 1 N–H and O–H groups in total. The van der Waals surface area contributed by atoms with Crippen LogP contribution in [0.4, 0.5) is 0 Å². The second kappa shape index (κ2) is 7.33. The Morgan fingerprint density at radius 2 is 2.38 bits per heavy atom. The Kier molecular flexibility index (Phi) is 5.46. The predicted octanol–water partition coefficient (Wildman–Crippen LogP) is 2.38. The number of carbonyl (C=O) groups is 1. The number of nitrogens with zero attached hydrogens (tertiary/aromatic N) is 3. The fourth-order valence-electron chi connectivity index (χ4n) is 2.00. The van der Waals surface area contributed by atoms with Gasteiger partial charge in [-0.05, 0) is 31.5 Å². The van der Waals surface area contributed by atoms with Crippen molar-refractivity contribution in [2.75, 3.05) is 20.1 Å². The monoisotopic (exact) mass is 309 g/mol. The molecular formula is C14H19N3O3S. The minimum Gasteiger partial charge on any atom is -0.481 e. The van der Waals surface area contributed by atoms with E-state index in [9.17, 15) is 4.79 Å². The molecule has 0 fully saturated rings. The fraction of sp³-hybridized carbons (Fsp3) is 0.500. The highest BCUT2D eigenvalue weighted by molar-refractivity contribution is 7.13. The number of hydrogen-bond donors (Lipinski definition) is 1. The third kappa shape index (κ3) is 4.64. The number of hydrogen-bond acceptors (Lipinski definition) is 6. The van der Waals surface area contributed by atoms with Crippen LogP contribution in [0.3, 0.4) is 0 Å². The summed E-state index contributed by atoms with van der Waals surface area (Å²) in [4.78, 5) is 18.2. The molecule has 0 aromatic carbocycles. The van der Waals surface area contributed by atoms with E-state index in [1.807, 2.05) is 29.5 Å². The Labute approximate surface area is 127 Å². The maximum absolute atomic E-state index is 10.8. The summed E-state index contributed by atoms with van der Waals surface area (Å²) >= 11 is 1.58. The lowest BCUT2D eigenvalue weighted by molar-refractivity contribution is -0.141. The van der Waals surface area contributed by atoms with Crippen LogP contribution >= 0.6 is 11.3 Å². The van der Waals surface area contributed by atoms with Gasteiger partial charge in [0.1, 0.15) is 0 Å². The largest absolute Gasteiger partial charge is 0.481 e. The van der Waals surface area contributed by atoms with E-state index in [4.69, 9.17) is 9.63 Å². The van der Waals surface area contributed by atoms with E-state index in [1.54, 1.807) is 18.3 Å². The van der Waals surface area contributed by atoms with Crippen LogP contribution in [0.15, 0.2) is 22.0 Å². The molecule has 0 bridgehead atoms. The van der Waals surface area contributed by atoms with E-state index in [-0.39, 0.29) is 5.92 Å². The lowest BCUT2D eigenvalue weighted by Gasteiger charge is -2.18. The van der Waals surface area contributed by atoms with Crippen LogP contribution in [0.2, 0.25) is 0 Å². The zero-order valence-electron chi connectivity index (χ0n) is 12.2. The summed E-state index contributed by atoms with van der Waals surface area (Å²) in [6.45, 7) is 3.05. The summed E-state index contributed by atoms with van der Waals surface area (Å²) in [6.07, 6.45) is 1.55. The van der Waals surface area contributed by atoms with Gasteiger partial charge in [-0.3, -0.25) is 4.79 Å². The summed E-state index contributed by atoms with van der Waals surface area (Å²) in [6, 6.07) is 3.91. The first-order valence-electron chi connectivity index (χ1n) is 6.84. The minimum absolute atomic E-state index is 0.358. The van der Waals surface area contributed by atoms with Crippen LogP contribution in [-0.2, 0) is 11.2 Å². The van der Waals surface area contributed by atoms with E-state index in [2.05, 4.69) is 10.1 Å². The Morgan fingerprint density at radius 1 is 1.57 bits per heavy atom. The number of rotatable bonds is 8. The number of carboxylic acid groups (broad SMARTS) is 1. The summed E-state index contributed by atoms with van der Waals surface area (Å²) in [5, 5.41) is 14.8. The van der Waals surface area contributed by atoms with Crippen molar-refractivity contribution in [1.82, 2.24) is 15.0 Å². The van der Waals surface area contributed by atoms with Crippen molar-refractivity contribution < 1.29 is 14.4 Å². The topological polar surface area (TPSA) is 79.5 Å². The Bertz CT molecular complexity index is 568. The second-order valence-electron chi connectivity index (χ2n) is 5.09. The molecule has 7 heteroatoms. The number of carboxylic acids is 1. The first kappa shape index (κ1) is 15.7. The molecule has 1 atom stereocenters. The van der Waals surface area contributed by atoms with Gasteiger partial charge in [0.25, 0.3) is 0 Å². The Morgan fingerprint density at radius 3 is 3.05 bits per heavy atom. The summed E-state index contributed by atoms with van der Waals surface area (Å²) in [7, 11) is 1.92. The smallest absolute Gasteiger partial charge is 0.307 e. The minimum atomic E-state index is -0.764. The summed E-state index contributed by atoms with van der Waals surface area (Å²) in [5.41, 5.74) is 0. The maximum Gasteiger partial charge on any atom is 0.307 e. The molecule has 0 aliphatic heterocycles. The fourth-order valence-corrected chi connectivity index (χ4v) is 2.65. The van der Waals surface area contributed by atoms with E-state index in [1.165, 1.54) is 0 Å². The van der Waals surface area contributed by atoms with Gasteiger partial charge in [0.05, 0.1) is 10.8 Å². The van der Waals surface area contributed by atoms with Crippen molar-refractivity contribution in [1.29, 1.82) is 0 Å². The van der Waals surface area contributed by atoms with Gasteiger partial charge in [-0.15, -0.1) is 11.3 Å². The van der Waals surface area contributed by atoms with E-state index >= 15 is 0 Å². The first-order valence-corrected chi connectivity index (χ1v) is 7.72. The average molecular weight is 309 g/mol. The van der Waals surface area contributed by atoms with Gasteiger partial charge in [-0.25, -0.2) is 0 Å². The van der Waals surface area contributed by atoms with Gasteiger partial charge in [0.15, 0.2) is 0 Å². The molecule has 6 nitrogen and oxygen atoms in total.